The Labute approximate surface area is 115 Å². The predicted octanol–water partition coefficient (Wildman–Crippen LogP) is 2.62. The number of nitriles is 1. The second-order valence-corrected chi connectivity index (χ2v) is 4.69. The first-order valence-corrected chi connectivity index (χ1v) is 6.59. The SMILES string of the molecule is CCCCN(C)C(C)C(=O)Nc1cccc(C#N)c1. The van der Waals surface area contributed by atoms with Gasteiger partial charge in [0.1, 0.15) is 0 Å². The lowest BCUT2D eigenvalue weighted by atomic mass is 10.2. The minimum absolute atomic E-state index is 0.0475. The molecule has 0 aliphatic rings. The van der Waals surface area contributed by atoms with Crippen molar-refractivity contribution in [2.45, 2.75) is 32.7 Å². The number of carbonyl (C=O) groups is 1. The molecular weight excluding hydrogens is 238 g/mol. The first-order chi connectivity index (χ1) is 9.08. The molecule has 0 bridgehead atoms. The summed E-state index contributed by atoms with van der Waals surface area (Å²) in [6.45, 7) is 4.93. The van der Waals surface area contributed by atoms with E-state index in [-0.39, 0.29) is 11.9 Å². The molecule has 0 saturated carbocycles. The molecule has 1 aromatic rings. The van der Waals surface area contributed by atoms with Gasteiger partial charge in [-0.05, 0) is 45.1 Å². The monoisotopic (exact) mass is 259 g/mol. The van der Waals surface area contributed by atoms with E-state index in [1.807, 2.05) is 18.9 Å². The lowest BCUT2D eigenvalue weighted by molar-refractivity contribution is -0.120. The summed E-state index contributed by atoms with van der Waals surface area (Å²) in [4.78, 5) is 14.1. The Balaban J connectivity index is 2.60. The van der Waals surface area contributed by atoms with Gasteiger partial charge in [0.15, 0.2) is 0 Å². The molecule has 1 amide bonds. The molecule has 1 atom stereocenters. The Hall–Kier alpha value is -1.86. The van der Waals surface area contributed by atoms with Crippen LogP contribution in [0.5, 0.6) is 0 Å². The number of nitrogens with zero attached hydrogens (tertiary/aromatic N) is 2. The van der Waals surface area contributed by atoms with Gasteiger partial charge < -0.3 is 5.32 Å². The molecule has 0 radical (unpaired) electrons. The van der Waals surface area contributed by atoms with Crippen molar-refractivity contribution in [3.8, 4) is 6.07 Å². The number of hydrogen-bond donors (Lipinski definition) is 1. The molecule has 4 nitrogen and oxygen atoms in total. The van der Waals surface area contributed by atoms with E-state index < -0.39 is 0 Å². The Kier molecular flexibility index (Phi) is 6.04. The van der Waals surface area contributed by atoms with Crippen molar-refractivity contribution >= 4 is 11.6 Å². The minimum Gasteiger partial charge on any atom is -0.325 e. The molecule has 4 heteroatoms. The third-order valence-electron chi connectivity index (χ3n) is 3.16. The summed E-state index contributed by atoms with van der Waals surface area (Å²) in [6.07, 6.45) is 2.20. The number of amides is 1. The summed E-state index contributed by atoms with van der Waals surface area (Å²) in [5, 5.41) is 11.7. The van der Waals surface area contributed by atoms with Gasteiger partial charge in [-0.2, -0.15) is 5.26 Å². The summed E-state index contributed by atoms with van der Waals surface area (Å²) < 4.78 is 0. The molecule has 0 saturated heterocycles. The van der Waals surface area contributed by atoms with Crippen molar-refractivity contribution < 1.29 is 4.79 Å². The van der Waals surface area contributed by atoms with Gasteiger partial charge in [-0.15, -0.1) is 0 Å². The van der Waals surface area contributed by atoms with Gasteiger partial charge in [0, 0.05) is 5.69 Å². The molecule has 0 fully saturated rings. The van der Waals surface area contributed by atoms with Crippen molar-refractivity contribution in [1.29, 1.82) is 5.26 Å². The van der Waals surface area contributed by atoms with Gasteiger partial charge in [0.05, 0.1) is 17.7 Å². The molecule has 0 aliphatic heterocycles. The molecule has 102 valence electrons. The zero-order chi connectivity index (χ0) is 14.3. The number of anilines is 1. The average molecular weight is 259 g/mol. The highest BCUT2D eigenvalue weighted by molar-refractivity contribution is 5.94. The molecule has 1 aromatic carbocycles. The second-order valence-electron chi connectivity index (χ2n) is 4.69. The fourth-order valence-corrected chi connectivity index (χ4v) is 1.71. The molecule has 1 rings (SSSR count). The van der Waals surface area contributed by atoms with E-state index in [0.29, 0.717) is 11.3 Å². The van der Waals surface area contributed by atoms with Crippen LogP contribution in [0.4, 0.5) is 5.69 Å². The van der Waals surface area contributed by atoms with E-state index >= 15 is 0 Å². The Morgan fingerprint density at radius 3 is 2.89 bits per heavy atom. The minimum atomic E-state index is -0.183. The molecule has 1 N–H and O–H groups in total. The zero-order valence-electron chi connectivity index (χ0n) is 11.8. The summed E-state index contributed by atoms with van der Waals surface area (Å²) in [6, 6.07) is 8.82. The molecule has 0 spiro atoms. The highest BCUT2D eigenvalue weighted by atomic mass is 16.2. The summed E-state index contributed by atoms with van der Waals surface area (Å²) in [5.74, 6) is -0.0475. The number of hydrogen-bond acceptors (Lipinski definition) is 3. The lowest BCUT2D eigenvalue weighted by Crippen LogP contribution is -2.40. The third-order valence-corrected chi connectivity index (χ3v) is 3.16. The highest BCUT2D eigenvalue weighted by Crippen LogP contribution is 2.11. The molecule has 0 heterocycles. The smallest absolute Gasteiger partial charge is 0.241 e. The van der Waals surface area contributed by atoms with Crippen LogP contribution in [0, 0.1) is 11.3 Å². The van der Waals surface area contributed by atoms with Crippen LogP contribution in [0.1, 0.15) is 32.3 Å². The zero-order valence-corrected chi connectivity index (χ0v) is 11.8. The van der Waals surface area contributed by atoms with Crippen LogP contribution in [-0.2, 0) is 4.79 Å². The maximum Gasteiger partial charge on any atom is 0.241 e. The normalized spacial score (nSPS) is 11.9. The van der Waals surface area contributed by atoms with Crippen molar-refractivity contribution in [2.24, 2.45) is 0 Å². The Morgan fingerprint density at radius 1 is 1.53 bits per heavy atom. The first-order valence-electron chi connectivity index (χ1n) is 6.59. The predicted molar refractivity (Wildman–Crippen MR) is 76.8 cm³/mol. The lowest BCUT2D eigenvalue weighted by Gasteiger charge is -2.23. The van der Waals surface area contributed by atoms with E-state index in [2.05, 4.69) is 18.3 Å². The van der Waals surface area contributed by atoms with Gasteiger partial charge in [0.25, 0.3) is 0 Å². The number of benzene rings is 1. The van der Waals surface area contributed by atoms with Crippen LogP contribution in [0.3, 0.4) is 0 Å². The van der Waals surface area contributed by atoms with Crippen molar-refractivity contribution in [2.75, 3.05) is 18.9 Å². The second kappa shape index (κ2) is 7.55. The van der Waals surface area contributed by atoms with Gasteiger partial charge in [-0.3, -0.25) is 9.69 Å². The van der Waals surface area contributed by atoms with Gasteiger partial charge >= 0.3 is 0 Å². The largest absolute Gasteiger partial charge is 0.325 e. The third kappa shape index (κ3) is 4.72. The highest BCUT2D eigenvalue weighted by Gasteiger charge is 2.17. The van der Waals surface area contributed by atoms with Crippen LogP contribution < -0.4 is 5.32 Å². The Morgan fingerprint density at radius 2 is 2.26 bits per heavy atom. The van der Waals surface area contributed by atoms with E-state index in [9.17, 15) is 4.79 Å². The van der Waals surface area contributed by atoms with Crippen LogP contribution >= 0.6 is 0 Å². The van der Waals surface area contributed by atoms with E-state index in [4.69, 9.17) is 5.26 Å². The molecule has 19 heavy (non-hydrogen) atoms. The Bertz CT molecular complexity index is 465. The fraction of sp³-hybridized carbons (Fsp3) is 0.467. The van der Waals surface area contributed by atoms with Crippen molar-refractivity contribution in [3.63, 3.8) is 0 Å². The summed E-state index contributed by atoms with van der Waals surface area (Å²) in [5.41, 5.74) is 1.21. The summed E-state index contributed by atoms with van der Waals surface area (Å²) >= 11 is 0. The van der Waals surface area contributed by atoms with Crippen LogP contribution in [0.15, 0.2) is 24.3 Å². The number of nitrogens with one attached hydrogen (secondary N) is 1. The maximum absolute atomic E-state index is 12.1. The van der Waals surface area contributed by atoms with Crippen LogP contribution in [-0.4, -0.2) is 30.4 Å². The number of rotatable bonds is 6. The van der Waals surface area contributed by atoms with Gasteiger partial charge in [0.2, 0.25) is 5.91 Å². The topological polar surface area (TPSA) is 56.1 Å². The van der Waals surface area contributed by atoms with E-state index in [1.165, 1.54) is 0 Å². The average Bonchev–Trinajstić information content (AvgIpc) is 2.43. The molecule has 0 aliphatic carbocycles. The molecular formula is C15H21N3O. The number of likely N-dealkylation sites (N-methyl/N-ethyl adjacent to an activating group) is 1. The van der Waals surface area contributed by atoms with Crippen molar-refractivity contribution in [3.05, 3.63) is 29.8 Å². The van der Waals surface area contributed by atoms with E-state index in [0.717, 1.165) is 19.4 Å². The first kappa shape index (κ1) is 15.2. The van der Waals surface area contributed by atoms with Crippen molar-refractivity contribution in [1.82, 2.24) is 4.90 Å². The maximum atomic E-state index is 12.1. The standard InChI is InChI=1S/C15H21N3O/c1-4-5-9-18(3)12(2)15(19)17-14-8-6-7-13(10-14)11-16/h6-8,10,12H,4-5,9H2,1-3H3,(H,17,19). The number of carbonyl (C=O) groups excluding carboxylic acids is 1. The quantitative estimate of drug-likeness (QED) is 0.854. The summed E-state index contributed by atoms with van der Waals surface area (Å²) in [7, 11) is 1.95. The fourth-order valence-electron chi connectivity index (χ4n) is 1.71. The van der Waals surface area contributed by atoms with Gasteiger partial charge in [-0.1, -0.05) is 19.4 Å². The van der Waals surface area contributed by atoms with Crippen LogP contribution in [0.25, 0.3) is 0 Å². The molecule has 1 unspecified atom stereocenters. The van der Waals surface area contributed by atoms with Crippen LogP contribution in [0.2, 0.25) is 0 Å². The number of unbranched alkanes of at least 4 members (excludes halogenated alkanes) is 1. The van der Waals surface area contributed by atoms with Gasteiger partial charge in [-0.25, -0.2) is 0 Å². The van der Waals surface area contributed by atoms with E-state index in [1.54, 1.807) is 24.3 Å². The molecule has 0 aromatic heterocycles.